The van der Waals surface area contributed by atoms with Gasteiger partial charge in [0.05, 0.1) is 17.2 Å². The smallest absolute Gasteiger partial charge is 0.255 e. The van der Waals surface area contributed by atoms with Crippen LogP contribution in [-0.4, -0.2) is 40.6 Å². The van der Waals surface area contributed by atoms with E-state index in [9.17, 15) is 4.79 Å². The van der Waals surface area contributed by atoms with E-state index in [-0.39, 0.29) is 29.9 Å². The van der Waals surface area contributed by atoms with Crippen molar-refractivity contribution in [2.75, 3.05) is 25.4 Å². The first-order valence-electron chi connectivity index (χ1n) is 4.91. The molecule has 3 N–H and O–H groups in total. The van der Waals surface area contributed by atoms with Crippen LogP contribution in [0.2, 0.25) is 5.02 Å². The number of halogens is 1. The van der Waals surface area contributed by atoms with Gasteiger partial charge in [-0.2, -0.15) is 0 Å². The number of nitrogens with two attached hydrogens (primary N) is 1. The number of carbonyl (C=O) groups is 1. The fraction of sp³-hybridized carbons (Fsp3) is 0.400. The first kappa shape index (κ1) is 12.7. The summed E-state index contributed by atoms with van der Waals surface area (Å²) in [5.74, 6) is -0.0107. The lowest BCUT2D eigenvalue weighted by Gasteiger charge is -2.20. The summed E-state index contributed by atoms with van der Waals surface area (Å²) in [4.78, 5) is 17.3. The standard InChI is InChI=1S/C10H14ClN3O2/c1-2-14(3-4-15)10(16)7-5-9(12)13-6-8(7)11/h5-6,15H,2-4H2,1H3,(H2,12,13). The number of aliphatic hydroxyl groups is 1. The number of nitrogens with zero attached hydrogens (tertiary/aromatic N) is 2. The molecule has 1 heterocycles. The molecule has 0 spiro atoms. The molecular formula is C10H14ClN3O2. The number of hydrogen-bond donors (Lipinski definition) is 2. The Morgan fingerprint density at radius 1 is 1.69 bits per heavy atom. The minimum absolute atomic E-state index is 0.0856. The third kappa shape index (κ3) is 2.84. The largest absolute Gasteiger partial charge is 0.395 e. The van der Waals surface area contributed by atoms with Gasteiger partial charge in [-0.15, -0.1) is 0 Å². The molecule has 0 unspecified atom stereocenters. The molecule has 0 fully saturated rings. The van der Waals surface area contributed by atoms with Gasteiger partial charge in [-0.05, 0) is 13.0 Å². The monoisotopic (exact) mass is 243 g/mol. The molecule has 6 heteroatoms. The van der Waals surface area contributed by atoms with Crippen molar-refractivity contribution in [2.24, 2.45) is 0 Å². The number of aromatic nitrogens is 1. The number of pyridine rings is 1. The fourth-order valence-corrected chi connectivity index (χ4v) is 1.50. The number of hydrogen-bond acceptors (Lipinski definition) is 4. The number of amides is 1. The molecule has 0 aliphatic heterocycles. The maximum atomic E-state index is 12.0. The Morgan fingerprint density at radius 3 is 2.94 bits per heavy atom. The molecule has 1 aromatic rings. The molecule has 0 bridgehead atoms. The molecule has 0 aliphatic carbocycles. The van der Waals surface area contributed by atoms with Crippen LogP contribution in [0.5, 0.6) is 0 Å². The maximum Gasteiger partial charge on any atom is 0.255 e. The van der Waals surface area contributed by atoms with E-state index in [1.165, 1.54) is 17.2 Å². The molecule has 88 valence electrons. The van der Waals surface area contributed by atoms with Gasteiger partial charge in [0.25, 0.3) is 5.91 Å². The van der Waals surface area contributed by atoms with E-state index < -0.39 is 0 Å². The third-order valence-corrected chi connectivity index (χ3v) is 2.45. The maximum absolute atomic E-state index is 12.0. The van der Waals surface area contributed by atoms with Crippen LogP contribution in [0.25, 0.3) is 0 Å². The fourth-order valence-electron chi connectivity index (χ4n) is 1.31. The lowest BCUT2D eigenvalue weighted by Crippen LogP contribution is -2.33. The minimum atomic E-state index is -0.254. The van der Waals surface area contributed by atoms with Gasteiger partial charge < -0.3 is 15.7 Å². The first-order chi connectivity index (χ1) is 7.60. The van der Waals surface area contributed by atoms with E-state index in [0.29, 0.717) is 12.1 Å². The average molecular weight is 244 g/mol. The molecule has 1 aromatic heterocycles. The average Bonchev–Trinajstić information content (AvgIpc) is 2.28. The van der Waals surface area contributed by atoms with E-state index in [1.54, 1.807) is 0 Å². The van der Waals surface area contributed by atoms with Gasteiger partial charge in [0.15, 0.2) is 0 Å². The van der Waals surface area contributed by atoms with Gasteiger partial charge in [-0.25, -0.2) is 4.98 Å². The SMILES string of the molecule is CCN(CCO)C(=O)c1cc(N)ncc1Cl. The number of anilines is 1. The second-order valence-corrected chi connectivity index (χ2v) is 3.60. The van der Waals surface area contributed by atoms with E-state index in [0.717, 1.165) is 0 Å². The highest BCUT2D eigenvalue weighted by Gasteiger charge is 2.17. The predicted molar refractivity (Wildman–Crippen MR) is 62.3 cm³/mol. The summed E-state index contributed by atoms with van der Waals surface area (Å²) in [6.07, 6.45) is 1.34. The van der Waals surface area contributed by atoms with Crippen LogP contribution < -0.4 is 5.73 Å². The topological polar surface area (TPSA) is 79.5 Å². The normalized spacial score (nSPS) is 10.2. The van der Waals surface area contributed by atoms with Crippen molar-refractivity contribution in [3.05, 3.63) is 22.8 Å². The lowest BCUT2D eigenvalue weighted by atomic mass is 10.2. The number of rotatable bonds is 4. The Kier molecular flexibility index (Phi) is 4.52. The second-order valence-electron chi connectivity index (χ2n) is 3.20. The zero-order chi connectivity index (χ0) is 12.1. The Balaban J connectivity index is 2.98. The zero-order valence-corrected chi connectivity index (χ0v) is 9.74. The summed E-state index contributed by atoms with van der Waals surface area (Å²) in [6, 6.07) is 1.44. The van der Waals surface area contributed by atoms with Crippen LogP contribution >= 0.6 is 11.6 Å². The van der Waals surface area contributed by atoms with Crippen molar-refractivity contribution in [2.45, 2.75) is 6.92 Å². The summed E-state index contributed by atoms with van der Waals surface area (Å²) in [6.45, 7) is 2.51. The predicted octanol–water partition coefficient (Wildman–Crippen LogP) is 0.772. The highest BCUT2D eigenvalue weighted by molar-refractivity contribution is 6.33. The van der Waals surface area contributed by atoms with Gasteiger partial charge in [0.2, 0.25) is 0 Å². The summed E-state index contributed by atoms with van der Waals surface area (Å²) < 4.78 is 0. The molecule has 16 heavy (non-hydrogen) atoms. The van der Waals surface area contributed by atoms with Gasteiger partial charge >= 0.3 is 0 Å². The van der Waals surface area contributed by atoms with E-state index >= 15 is 0 Å². The van der Waals surface area contributed by atoms with Crippen molar-refractivity contribution >= 4 is 23.3 Å². The molecule has 0 aromatic carbocycles. The molecule has 5 nitrogen and oxygen atoms in total. The Labute approximate surface area is 98.8 Å². The highest BCUT2D eigenvalue weighted by atomic mass is 35.5. The number of carbonyl (C=O) groups excluding carboxylic acids is 1. The van der Waals surface area contributed by atoms with Gasteiger partial charge in [0, 0.05) is 19.3 Å². The Hall–Kier alpha value is -1.33. The minimum Gasteiger partial charge on any atom is -0.395 e. The molecule has 0 saturated carbocycles. The molecule has 1 rings (SSSR count). The number of likely N-dealkylation sites (N-methyl/N-ethyl adjacent to an activating group) is 1. The van der Waals surface area contributed by atoms with Gasteiger partial charge in [-0.1, -0.05) is 11.6 Å². The van der Waals surface area contributed by atoms with Crippen LogP contribution in [0.4, 0.5) is 5.82 Å². The molecule has 0 aliphatic rings. The molecule has 0 atom stereocenters. The molecule has 1 amide bonds. The van der Waals surface area contributed by atoms with Gasteiger partial charge in [0.1, 0.15) is 5.82 Å². The van der Waals surface area contributed by atoms with Crippen molar-refractivity contribution in [1.29, 1.82) is 0 Å². The van der Waals surface area contributed by atoms with Crippen molar-refractivity contribution in [1.82, 2.24) is 9.88 Å². The molecule has 0 saturated heterocycles. The van der Waals surface area contributed by atoms with E-state index in [1.807, 2.05) is 6.92 Å². The van der Waals surface area contributed by atoms with Crippen molar-refractivity contribution < 1.29 is 9.90 Å². The summed E-state index contributed by atoms with van der Waals surface area (Å²) >= 11 is 5.86. The van der Waals surface area contributed by atoms with Crippen molar-refractivity contribution in [3.8, 4) is 0 Å². The van der Waals surface area contributed by atoms with Crippen LogP contribution in [0.3, 0.4) is 0 Å². The van der Waals surface area contributed by atoms with E-state index in [4.69, 9.17) is 22.4 Å². The summed E-state index contributed by atoms with van der Waals surface area (Å²) in [5, 5.41) is 9.08. The zero-order valence-electron chi connectivity index (χ0n) is 8.98. The van der Waals surface area contributed by atoms with Crippen LogP contribution in [0.1, 0.15) is 17.3 Å². The van der Waals surface area contributed by atoms with Crippen LogP contribution in [0.15, 0.2) is 12.3 Å². The second kappa shape index (κ2) is 5.67. The number of aliphatic hydroxyl groups excluding tert-OH is 1. The van der Waals surface area contributed by atoms with Crippen LogP contribution in [-0.2, 0) is 0 Å². The quantitative estimate of drug-likeness (QED) is 0.819. The third-order valence-electron chi connectivity index (χ3n) is 2.15. The summed E-state index contributed by atoms with van der Waals surface area (Å²) in [5.41, 5.74) is 5.80. The Bertz CT molecular complexity index is 384. The summed E-state index contributed by atoms with van der Waals surface area (Å²) in [7, 11) is 0. The first-order valence-corrected chi connectivity index (χ1v) is 5.29. The Morgan fingerprint density at radius 2 is 2.38 bits per heavy atom. The molecular weight excluding hydrogens is 230 g/mol. The van der Waals surface area contributed by atoms with Crippen LogP contribution in [0, 0.1) is 0 Å². The van der Waals surface area contributed by atoms with E-state index in [2.05, 4.69) is 4.98 Å². The van der Waals surface area contributed by atoms with Gasteiger partial charge in [-0.3, -0.25) is 4.79 Å². The highest BCUT2D eigenvalue weighted by Crippen LogP contribution is 2.18. The lowest BCUT2D eigenvalue weighted by molar-refractivity contribution is 0.0732. The molecule has 0 radical (unpaired) electrons. The van der Waals surface area contributed by atoms with Crippen molar-refractivity contribution in [3.63, 3.8) is 0 Å². The number of nitrogen functional groups attached to an aromatic ring is 1.